The van der Waals surface area contributed by atoms with E-state index in [-0.39, 0.29) is 0 Å². The lowest BCUT2D eigenvalue weighted by atomic mass is 10.2. The number of rotatable bonds is 1. The summed E-state index contributed by atoms with van der Waals surface area (Å²) >= 11 is 0.850. The Balaban J connectivity index is 2.30. The van der Waals surface area contributed by atoms with E-state index in [4.69, 9.17) is 5.84 Å². The maximum absolute atomic E-state index is 11.4. The van der Waals surface area contributed by atoms with Crippen LogP contribution in [0.15, 0.2) is 35.2 Å². The van der Waals surface area contributed by atoms with E-state index >= 15 is 0 Å². The number of nitrogens with zero attached hydrogens (tertiary/aromatic N) is 1. The van der Waals surface area contributed by atoms with Gasteiger partial charge >= 0.3 is 5.24 Å². The number of benzene rings is 1. The Hall–Kier alpha value is -1.59. The maximum Gasteiger partial charge on any atom is 0.307 e. The van der Waals surface area contributed by atoms with Crippen LogP contribution >= 0.6 is 11.8 Å². The van der Waals surface area contributed by atoms with Crippen LogP contribution in [0.4, 0.5) is 4.79 Å². The molecule has 1 aliphatic heterocycles. The van der Waals surface area contributed by atoms with Crippen molar-refractivity contribution in [2.24, 2.45) is 5.84 Å². The zero-order valence-electron chi connectivity index (χ0n) is 7.71. The minimum Gasteiger partial charge on any atom is -0.266 e. The molecule has 0 radical (unpaired) electrons. The number of amides is 2. The van der Waals surface area contributed by atoms with Crippen molar-refractivity contribution in [3.8, 4) is 0 Å². The average molecular weight is 220 g/mol. The molecule has 2 rings (SSSR count). The monoisotopic (exact) mass is 220 g/mol. The lowest BCUT2D eigenvalue weighted by molar-refractivity contribution is -0.122. The number of nitrogens with two attached hydrogens (primary N) is 1. The summed E-state index contributed by atoms with van der Waals surface area (Å²) in [4.78, 5) is 22.9. The molecule has 0 aromatic heterocycles. The van der Waals surface area contributed by atoms with Crippen LogP contribution < -0.4 is 5.84 Å². The second kappa shape index (κ2) is 3.88. The highest BCUT2D eigenvalue weighted by atomic mass is 32.2. The molecule has 0 unspecified atom stereocenters. The van der Waals surface area contributed by atoms with Gasteiger partial charge in [0.25, 0.3) is 5.91 Å². The van der Waals surface area contributed by atoms with E-state index in [1.165, 1.54) is 0 Å². The number of thioether (sulfide) groups is 1. The molecule has 0 aliphatic carbocycles. The Morgan fingerprint density at radius 2 is 1.87 bits per heavy atom. The SMILES string of the molecule is NN1C(=O)S/C(=C/c2ccccc2)C1=O. The fourth-order valence-electron chi connectivity index (χ4n) is 1.18. The predicted octanol–water partition coefficient (Wildman–Crippen LogP) is 1.60. The number of carbonyl (C=O) groups is 2. The van der Waals surface area contributed by atoms with E-state index < -0.39 is 11.1 Å². The molecule has 4 nitrogen and oxygen atoms in total. The number of hydrogen-bond acceptors (Lipinski definition) is 4. The largest absolute Gasteiger partial charge is 0.307 e. The van der Waals surface area contributed by atoms with Crippen LogP contribution in [-0.2, 0) is 4.79 Å². The second-order valence-electron chi connectivity index (χ2n) is 2.96. The molecule has 2 N–H and O–H groups in total. The Labute approximate surface area is 90.7 Å². The first-order chi connectivity index (χ1) is 7.18. The van der Waals surface area contributed by atoms with Gasteiger partial charge in [-0.15, -0.1) is 0 Å². The van der Waals surface area contributed by atoms with Gasteiger partial charge in [-0.3, -0.25) is 9.59 Å². The molecule has 1 aliphatic rings. The molecular weight excluding hydrogens is 212 g/mol. The van der Waals surface area contributed by atoms with Crippen LogP contribution in [0.25, 0.3) is 6.08 Å². The molecule has 0 saturated carbocycles. The van der Waals surface area contributed by atoms with Gasteiger partial charge < -0.3 is 0 Å². The summed E-state index contributed by atoms with van der Waals surface area (Å²) in [6.45, 7) is 0. The quantitative estimate of drug-likeness (QED) is 0.443. The Kier molecular flexibility index (Phi) is 2.57. The van der Waals surface area contributed by atoms with Crippen LogP contribution in [0.3, 0.4) is 0 Å². The van der Waals surface area contributed by atoms with Crippen molar-refractivity contribution in [2.75, 3.05) is 0 Å². The van der Waals surface area contributed by atoms with Crippen molar-refractivity contribution in [2.45, 2.75) is 0 Å². The zero-order valence-corrected chi connectivity index (χ0v) is 8.53. The molecule has 1 aromatic carbocycles. The van der Waals surface area contributed by atoms with E-state index in [1.54, 1.807) is 6.08 Å². The molecule has 0 bridgehead atoms. The van der Waals surface area contributed by atoms with Gasteiger partial charge in [-0.25, -0.2) is 10.9 Å². The van der Waals surface area contributed by atoms with Gasteiger partial charge in [0.05, 0.1) is 4.91 Å². The van der Waals surface area contributed by atoms with Gasteiger partial charge in [0.1, 0.15) is 0 Å². The van der Waals surface area contributed by atoms with Gasteiger partial charge in [-0.05, 0) is 23.4 Å². The highest BCUT2D eigenvalue weighted by Gasteiger charge is 2.32. The van der Waals surface area contributed by atoms with Crippen LogP contribution in [-0.4, -0.2) is 16.2 Å². The molecule has 2 amide bonds. The summed E-state index contributed by atoms with van der Waals surface area (Å²) in [5.74, 6) is 4.79. The Morgan fingerprint density at radius 3 is 2.40 bits per heavy atom. The summed E-state index contributed by atoms with van der Waals surface area (Å²) in [7, 11) is 0. The minimum absolute atomic E-state index is 0.355. The van der Waals surface area contributed by atoms with E-state index in [0.717, 1.165) is 17.3 Å². The Bertz CT molecular complexity index is 442. The highest BCUT2D eigenvalue weighted by molar-refractivity contribution is 8.18. The fraction of sp³-hybridized carbons (Fsp3) is 0. The summed E-state index contributed by atoms with van der Waals surface area (Å²) in [5.41, 5.74) is 0.872. The van der Waals surface area contributed by atoms with Crippen molar-refractivity contribution >= 4 is 29.0 Å². The molecule has 1 fully saturated rings. The van der Waals surface area contributed by atoms with Crippen LogP contribution in [0, 0.1) is 0 Å². The zero-order chi connectivity index (χ0) is 10.8. The van der Waals surface area contributed by atoms with Gasteiger partial charge in [-0.1, -0.05) is 30.3 Å². The van der Waals surface area contributed by atoms with Crippen LogP contribution in [0.1, 0.15) is 5.56 Å². The number of hydrazine groups is 1. The molecule has 1 heterocycles. The smallest absolute Gasteiger partial charge is 0.266 e. The molecular formula is C10H8N2O2S. The van der Waals surface area contributed by atoms with E-state index in [9.17, 15) is 9.59 Å². The molecule has 76 valence electrons. The highest BCUT2D eigenvalue weighted by Crippen LogP contribution is 2.29. The lowest BCUT2D eigenvalue weighted by Crippen LogP contribution is -2.34. The molecule has 5 heteroatoms. The third-order valence-corrected chi connectivity index (χ3v) is 2.80. The second-order valence-corrected chi connectivity index (χ2v) is 3.96. The van der Waals surface area contributed by atoms with Crippen LogP contribution in [0.2, 0.25) is 0 Å². The molecule has 0 atom stereocenters. The lowest BCUT2D eigenvalue weighted by Gasteiger charge is -2.00. The van der Waals surface area contributed by atoms with Crippen molar-refractivity contribution in [3.63, 3.8) is 0 Å². The van der Waals surface area contributed by atoms with E-state index in [2.05, 4.69) is 0 Å². The third-order valence-electron chi connectivity index (χ3n) is 1.92. The van der Waals surface area contributed by atoms with Crippen molar-refractivity contribution in [1.29, 1.82) is 0 Å². The maximum atomic E-state index is 11.4. The first kappa shape index (κ1) is 9.95. The first-order valence-electron chi connectivity index (χ1n) is 4.26. The average Bonchev–Trinajstić information content (AvgIpc) is 2.48. The molecule has 0 spiro atoms. The molecule has 15 heavy (non-hydrogen) atoms. The first-order valence-corrected chi connectivity index (χ1v) is 5.08. The topological polar surface area (TPSA) is 63.4 Å². The van der Waals surface area contributed by atoms with Gasteiger partial charge in [0, 0.05) is 0 Å². The van der Waals surface area contributed by atoms with E-state index in [1.807, 2.05) is 30.3 Å². The van der Waals surface area contributed by atoms with Crippen molar-refractivity contribution in [1.82, 2.24) is 5.01 Å². The van der Waals surface area contributed by atoms with Crippen molar-refractivity contribution < 1.29 is 9.59 Å². The normalized spacial score (nSPS) is 19.0. The van der Waals surface area contributed by atoms with E-state index in [0.29, 0.717) is 9.91 Å². The summed E-state index contributed by atoms with van der Waals surface area (Å²) in [6.07, 6.45) is 1.65. The third kappa shape index (κ3) is 1.93. The molecule has 1 aromatic rings. The van der Waals surface area contributed by atoms with Gasteiger partial charge in [0.2, 0.25) is 0 Å². The van der Waals surface area contributed by atoms with Gasteiger partial charge in [-0.2, -0.15) is 0 Å². The summed E-state index contributed by atoms with van der Waals surface area (Å²) in [5, 5.41) is 0.182. The van der Waals surface area contributed by atoms with Gasteiger partial charge in [0.15, 0.2) is 0 Å². The summed E-state index contributed by atoms with van der Waals surface area (Å²) < 4.78 is 0. The van der Waals surface area contributed by atoms with Crippen LogP contribution in [0.5, 0.6) is 0 Å². The fourth-order valence-corrected chi connectivity index (χ4v) is 1.93. The number of hydrogen-bond donors (Lipinski definition) is 1. The predicted molar refractivity (Wildman–Crippen MR) is 58.4 cm³/mol. The number of carbonyl (C=O) groups excluding carboxylic acids is 2. The number of imide groups is 1. The minimum atomic E-state index is -0.450. The summed E-state index contributed by atoms with van der Waals surface area (Å²) in [6, 6.07) is 9.30. The molecule has 1 saturated heterocycles. The Morgan fingerprint density at radius 1 is 1.20 bits per heavy atom. The standard InChI is InChI=1S/C10H8N2O2S/c11-12-9(13)8(15-10(12)14)6-7-4-2-1-3-5-7/h1-6H,11H2/b8-6+. The van der Waals surface area contributed by atoms with Crippen molar-refractivity contribution in [3.05, 3.63) is 40.8 Å².